The second-order valence-corrected chi connectivity index (χ2v) is 4.78. The molecule has 0 unspecified atom stereocenters. The minimum Gasteiger partial charge on any atom is -0.325 e. The summed E-state index contributed by atoms with van der Waals surface area (Å²) in [4.78, 5) is 15.8. The molecule has 1 aromatic rings. The van der Waals surface area contributed by atoms with Crippen LogP contribution in [0, 0.1) is 0 Å². The van der Waals surface area contributed by atoms with Gasteiger partial charge >= 0.3 is 0 Å². The van der Waals surface area contributed by atoms with Gasteiger partial charge in [0.25, 0.3) is 0 Å². The first-order chi connectivity index (χ1) is 7.42. The van der Waals surface area contributed by atoms with Crippen molar-refractivity contribution in [2.75, 3.05) is 0 Å². The van der Waals surface area contributed by atoms with E-state index in [0.717, 1.165) is 18.8 Å². The Balaban J connectivity index is 2.59. The molecule has 0 aliphatic rings. The third kappa shape index (κ3) is 4.10. The molecule has 5 nitrogen and oxygen atoms in total. The Kier molecular flexibility index (Phi) is 4.18. The molecule has 0 bridgehead atoms. The Bertz CT molecular complexity index is 351. The number of rotatable bonds is 6. The van der Waals surface area contributed by atoms with E-state index >= 15 is 0 Å². The average molecular weight is 224 g/mol. The van der Waals surface area contributed by atoms with Gasteiger partial charge in [0.1, 0.15) is 17.9 Å². The Labute approximate surface area is 96.0 Å². The predicted octanol–water partition coefficient (Wildman–Crippen LogP) is 0.927. The highest BCUT2D eigenvalue weighted by Crippen LogP contribution is 2.07. The van der Waals surface area contributed by atoms with Gasteiger partial charge in [-0.05, 0) is 20.3 Å². The summed E-state index contributed by atoms with van der Waals surface area (Å²) in [5.41, 5.74) is 5.35. The summed E-state index contributed by atoms with van der Waals surface area (Å²) < 4.78 is 1.78. The van der Waals surface area contributed by atoms with Gasteiger partial charge in [0.2, 0.25) is 0 Å². The van der Waals surface area contributed by atoms with Crippen molar-refractivity contribution in [2.24, 2.45) is 5.73 Å². The zero-order valence-corrected chi connectivity index (χ0v) is 10.2. The summed E-state index contributed by atoms with van der Waals surface area (Å²) in [7, 11) is 0. The molecule has 1 aromatic heterocycles. The van der Waals surface area contributed by atoms with Crippen LogP contribution in [0.3, 0.4) is 0 Å². The SMILES string of the molecule is CCCn1ncnc1CC(=O)CC(C)(C)N. The van der Waals surface area contributed by atoms with Crippen LogP contribution in [0.25, 0.3) is 0 Å². The van der Waals surface area contributed by atoms with E-state index in [2.05, 4.69) is 17.0 Å². The van der Waals surface area contributed by atoms with Crippen LogP contribution in [-0.4, -0.2) is 26.1 Å². The molecule has 2 N–H and O–H groups in total. The van der Waals surface area contributed by atoms with Crippen LogP contribution in [-0.2, 0) is 17.8 Å². The molecule has 0 aliphatic carbocycles. The standard InChI is InChI=1S/C11H20N4O/c1-4-5-15-10(13-8-14-15)6-9(16)7-11(2,3)12/h8H,4-7,12H2,1-3H3. The Morgan fingerprint density at radius 3 is 2.81 bits per heavy atom. The monoisotopic (exact) mass is 224 g/mol. The molecule has 0 radical (unpaired) electrons. The number of carbonyl (C=O) groups is 1. The van der Waals surface area contributed by atoms with Crippen LogP contribution >= 0.6 is 0 Å². The quantitative estimate of drug-likeness (QED) is 0.780. The third-order valence-corrected chi connectivity index (χ3v) is 2.14. The lowest BCUT2D eigenvalue weighted by Gasteiger charge is -2.16. The summed E-state index contributed by atoms with van der Waals surface area (Å²) in [6.45, 7) is 6.56. The maximum Gasteiger partial charge on any atom is 0.142 e. The van der Waals surface area contributed by atoms with Gasteiger partial charge < -0.3 is 5.73 Å². The molecule has 1 rings (SSSR count). The molecule has 1 heterocycles. The van der Waals surface area contributed by atoms with Gasteiger partial charge in [0, 0.05) is 18.5 Å². The van der Waals surface area contributed by atoms with Crippen LogP contribution in [0.1, 0.15) is 39.4 Å². The lowest BCUT2D eigenvalue weighted by Crippen LogP contribution is -2.35. The van der Waals surface area contributed by atoms with Gasteiger partial charge in [0.05, 0.1) is 6.42 Å². The fourth-order valence-corrected chi connectivity index (χ4v) is 1.57. The van der Waals surface area contributed by atoms with Crippen LogP contribution in [0.15, 0.2) is 6.33 Å². The number of nitrogens with zero attached hydrogens (tertiary/aromatic N) is 3. The number of carbonyl (C=O) groups excluding carboxylic acids is 1. The maximum absolute atomic E-state index is 11.7. The Morgan fingerprint density at radius 2 is 2.25 bits per heavy atom. The van der Waals surface area contributed by atoms with E-state index in [4.69, 9.17) is 5.73 Å². The molecule has 0 spiro atoms. The largest absolute Gasteiger partial charge is 0.325 e. The second kappa shape index (κ2) is 5.21. The van der Waals surface area contributed by atoms with Crippen molar-refractivity contribution in [3.05, 3.63) is 12.2 Å². The number of hydrogen-bond acceptors (Lipinski definition) is 4. The molecular formula is C11H20N4O. The van der Waals surface area contributed by atoms with E-state index in [1.807, 2.05) is 13.8 Å². The van der Waals surface area contributed by atoms with Crippen molar-refractivity contribution in [3.63, 3.8) is 0 Å². The summed E-state index contributed by atoms with van der Waals surface area (Å²) in [5.74, 6) is 0.842. The molecular weight excluding hydrogens is 204 g/mol. The van der Waals surface area contributed by atoms with Gasteiger partial charge in [0.15, 0.2) is 0 Å². The normalized spacial score (nSPS) is 11.8. The van der Waals surface area contributed by atoms with Crippen molar-refractivity contribution in [1.29, 1.82) is 0 Å². The molecule has 0 aliphatic heterocycles. The molecule has 5 heteroatoms. The summed E-state index contributed by atoms with van der Waals surface area (Å²) >= 11 is 0. The summed E-state index contributed by atoms with van der Waals surface area (Å²) in [5, 5.41) is 4.08. The van der Waals surface area contributed by atoms with E-state index in [1.54, 1.807) is 4.68 Å². The number of aryl methyl sites for hydroxylation is 1. The van der Waals surface area contributed by atoms with Gasteiger partial charge in [-0.15, -0.1) is 0 Å². The Morgan fingerprint density at radius 1 is 1.56 bits per heavy atom. The summed E-state index contributed by atoms with van der Waals surface area (Å²) in [6, 6.07) is 0. The number of aromatic nitrogens is 3. The molecule has 16 heavy (non-hydrogen) atoms. The maximum atomic E-state index is 11.7. The van der Waals surface area contributed by atoms with Crippen molar-refractivity contribution < 1.29 is 4.79 Å². The minimum atomic E-state index is -0.452. The van der Waals surface area contributed by atoms with Crippen LogP contribution in [0.4, 0.5) is 0 Å². The zero-order valence-electron chi connectivity index (χ0n) is 10.2. The van der Waals surface area contributed by atoms with Gasteiger partial charge in [-0.25, -0.2) is 9.67 Å². The molecule has 0 fully saturated rings. The predicted molar refractivity (Wildman–Crippen MR) is 61.9 cm³/mol. The van der Waals surface area contributed by atoms with Crippen LogP contribution in [0.5, 0.6) is 0 Å². The van der Waals surface area contributed by atoms with Crippen molar-refractivity contribution in [2.45, 2.75) is 52.1 Å². The average Bonchev–Trinajstić information content (AvgIpc) is 2.50. The molecule has 0 atom stereocenters. The van der Waals surface area contributed by atoms with Crippen molar-refractivity contribution >= 4 is 5.78 Å². The van der Waals surface area contributed by atoms with Crippen molar-refractivity contribution in [1.82, 2.24) is 14.8 Å². The van der Waals surface area contributed by atoms with Gasteiger partial charge in [-0.2, -0.15) is 5.10 Å². The first-order valence-electron chi connectivity index (χ1n) is 5.59. The molecule has 0 saturated carbocycles. The first kappa shape index (κ1) is 12.8. The number of Topliss-reactive ketones (excluding diaryl/α,β-unsaturated/α-hetero) is 1. The van der Waals surface area contributed by atoms with Crippen LogP contribution in [0.2, 0.25) is 0 Å². The van der Waals surface area contributed by atoms with Gasteiger partial charge in [-0.3, -0.25) is 4.79 Å². The van der Waals surface area contributed by atoms with Crippen molar-refractivity contribution in [3.8, 4) is 0 Å². The topological polar surface area (TPSA) is 73.8 Å². The van der Waals surface area contributed by atoms with E-state index in [1.165, 1.54) is 6.33 Å². The van der Waals surface area contributed by atoms with Gasteiger partial charge in [-0.1, -0.05) is 6.92 Å². The highest BCUT2D eigenvalue weighted by Gasteiger charge is 2.18. The van der Waals surface area contributed by atoms with E-state index < -0.39 is 5.54 Å². The molecule has 0 aromatic carbocycles. The highest BCUT2D eigenvalue weighted by atomic mass is 16.1. The van der Waals surface area contributed by atoms with E-state index in [9.17, 15) is 4.79 Å². The first-order valence-corrected chi connectivity index (χ1v) is 5.59. The van der Waals surface area contributed by atoms with E-state index in [0.29, 0.717) is 12.8 Å². The molecule has 90 valence electrons. The Hall–Kier alpha value is -1.23. The second-order valence-electron chi connectivity index (χ2n) is 4.78. The lowest BCUT2D eigenvalue weighted by atomic mass is 9.98. The highest BCUT2D eigenvalue weighted by molar-refractivity contribution is 5.81. The summed E-state index contributed by atoms with van der Waals surface area (Å²) in [6.07, 6.45) is 3.16. The fraction of sp³-hybridized carbons (Fsp3) is 0.727. The number of hydrogen-bond donors (Lipinski definition) is 1. The third-order valence-electron chi connectivity index (χ3n) is 2.14. The smallest absolute Gasteiger partial charge is 0.142 e. The fourth-order valence-electron chi connectivity index (χ4n) is 1.57. The zero-order chi connectivity index (χ0) is 12.2. The molecule has 0 amide bonds. The number of nitrogens with two attached hydrogens (primary N) is 1. The molecule has 0 saturated heterocycles. The van der Waals surface area contributed by atoms with E-state index in [-0.39, 0.29) is 5.78 Å². The van der Waals surface area contributed by atoms with Crippen LogP contribution < -0.4 is 5.73 Å². The lowest BCUT2D eigenvalue weighted by molar-refractivity contribution is -0.119. The number of ketones is 1. The minimum absolute atomic E-state index is 0.109.